The van der Waals surface area contributed by atoms with Crippen molar-refractivity contribution >= 4 is 11.6 Å². The molecule has 0 aliphatic heterocycles. The third-order valence-electron chi connectivity index (χ3n) is 2.25. The topological polar surface area (TPSA) is 29.3 Å². The van der Waals surface area contributed by atoms with Crippen LogP contribution in [0.5, 0.6) is 0 Å². The highest BCUT2D eigenvalue weighted by atomic mass is 35.5. The lowest BCUT2D eigenvalue weighted by Crippen LogP contribution is -2.16. The predicted molar refractivity (Wildman–Crippen MR) is 61.4 cm³/mol. The second kappa shape index (κ2) is 5.35. The number of hydrogen-bond acceptors (Lipinski definition) is 2. The van der Waals surface area contributed by atoms with Crippen molar-refractivity contribution in [2.75, 3.05) is 13.6 Å². The van der Waals surface area contributed by atoms with E-state index in [-0.39, 0.29) is 0 Å². The van der Waals surface area contributed by atoms with Crippen molar-refractivity contribution in [1.29, 1.82) is 0 Å². The normalized spacial score (nSPS) is 10.9. The van der Waals surface area contributed by atoms with Crippen molar-refractivity contribution in [3.05, 3.63) is 34.3 Å². The Kier molecular flexibility index (Phi) is 4.39. The first-order valence-electron chi connectivity index (χ1n) is 4.82. The second-order valence-electron chi connectivity index (χ2n) is 3.50. The van der Waals surface area contributed by atoms with E-state index in [4.69, 9.17) is 17.3 Å². The lowest BCUT2D eigenvalue weighted by atomic mass is 10.1. The predicted octanol–water partition coefficient (Wildman–Crippen LogP) is 2.25. The van der Waals surface area contributed by atoms with E-state index < -0.39 is 0 Å². The fourth-order valence-corrected chi connectivity index (χ4v) is 1.63. The highest BCUT2D eigenvalue weighted by Crippen LogP contribution is 2.16. The van der Waals surface area contributed by atoms with E-state index in [1.807, 2.05) is 12.1 Å². The highest BCUT2D eigenvalue weighted by Gasteiger charge is 2.01. The van der Waals surface area contributed by atoms with E-state index >= 15 is 0 Å². The lowest BCUT2D eigenvalue weighted by molar-refractivity contribution is 0.345. The number of halogens is 1. The van der Waals surface area contributed by atoms with E-state index in [2.05, 4.69) is 24.9 Å². The molecule has 78 valence electrons. The SMILES string of the molecule is CCN(C)Cc1cc(Cl)cc(CN)c1. The van der Waals surface area contributed by atoms with Gasteiger partial charge in [0.2, 0.25) is 0 Å². The van der Waals surface area contributed by atoms with E-state index in [1.54, 1.807) is 0 Å². The molecule has 0 aromatic heterocycles. The van der Waals surface area contributed by atoms with E-state index in [0.29, 0.717) is 6.54 Å². The van der Waals surface area contributed by atoms with Crippen LogP contribution in [0.15, 0.2) is 18.2 Å². The van der Waals surface area contributed by atoms with Crippen molar-refractivity contribution in [2.45, 2.75) is 20.0 Å². The zero-order valence-corrected chi connectivity index (χ0v) is 9.51. The summed E-state index contributed by atoms with van der Waals surface area (Å²) in [6.45, 7) is 4.63. The van der Waals surface area contributed by atoms with Crippen molar-refractivity contribution in [2.24, 2.45) is 5.73 Å². The number of nitrogens with two attached hydrogens (primary N) is 1. The number of nitrogens with zero attached hydrogens (tertiary/aromatic N) is 1. The minimum atomic E-state index is 0.545. The molecule has 0 saturated heterocycles. The molecule has 0 amide bonds. The van der Waals surface area contributed by atoms with E-state index in [9.17, 15) is 0 Å². The van der Waals surface area contributed by atoms with Crippen LogP contribution in [-0.4, -0.2) is 18.5 Å². The first-order chi connectivity index (χ1) is 6.65. The molecule has 1 aromatic carbocycles. The molecule has 1 rings (SSSR count). The van der Waals surface area contributed by atoms with Crippen LogP contribution in [0, 0.1) is 0 Å². The van der Waals surface area contributed by atoms with Gasteiger partial charge in [-0.3, -0.25) is 0 Å². The van der Waals surface area contributed by atoms with Crippen LogP contribution in [0.25, 0.3) is 0 Å². The van der Waals surface area contributed by atoms with Gasteiger partial charge in [0.1, 0.15) is 0 Å². The summed E-state index contributed by atoms with van der Waals surface area (Å²) >= 11 is 5.98. The maximum Gasteiger partial charge on any atom is 0.0412 e. The first-order valence-corrected chi connectivity index (χ1v) is 5.20. The molecule has 2 nitrogen and oxygen atoms in total. The van der Waals surface area contributed by atoms with Crippen LogP contribution < -0.4 is 5.73 Å². The highest BCUT2D eigenvalue weighted by molar-refractivity contribution is 6.30. The number of benzene rings is 1. The Morgan fingerprint density at radius 1 is 1.29 bits per heavy atom. The summed E-state index contributed by atoms with van der Waals surface area (Å²) in [5.41, 5.74) is 7.90. The average molecular weight is 213 g/mol. The standard InChI is InChI=1S/C11H17ClN2/c1-3-14(2)8-10-4-9(7-13)5-11(12)6-10/h4-6H,3,7-8,13H2,1-2H3. The van der Waals surface area contributed by atoms with Crippen LogP contribution >= 0.6 is 11.6 Å². The molecule has 3 heteroatoms. The van der Waals surface area contributed by atoms with Gasteiger partial charge in [0.05, 0.1) is 0 Å². The summed E-state index contributed by atoms with van der Waals surface area (Å²) in [6.07, 6.45) is 0. The van der Waals surface area contributed by atoms with E-state index in [1.165, 1.54) is 5.56 Å². The van der Waals surface area contributed by atoms with Gasteiger partial charge >= 0.3 is 0 Å². The largest absolute Gasteiger partial charge is 0.326 e. The molecule has 0 fully saturated rings. The Morgan fingerprint density at radius 2 is 1.93 bits per heavy atom. The van der Waals surface area contributed by atoms with Crippen molar-refractivity contribution in [1.82, 2.24) is 4.90 Å². The molecule has 0 heterocycles. The summed E-state index contributed by atoms with van der Waals surface area (Å²) in [7, 11) is 2.09. The van der Waals surface area contributed by atoms with Crippen molar-refractivity contribution in [3.8, 4) is 0 Å². The van der Waals surface area contributed by atoms with Crippen LogP contribution in [0.2, 0.25) is 5.02 Å². The van der Waals surface area contributed by atoms with Gasteiger partial charge in [-0.1, -0.05) is 24.6 Å². The fourth-order valence-electron chi connectivity index (χ4n) is 1.35. The molecule has 0 aliphatic rings. The van der Waals surface area contributed by atoms with Gasteiger partial charge in [0.25, 0.3) is 0 Å². The molecule has 14 heavy (non-hydrogen) atoms. The molecule has 0 spiro atoms. The Bertz CT molecular complexity index is 299. The van der Waals surface area contributed by atoms with Crippen molar-refractivity contribution in [3.63, 3.8) is 0 Å². The Balaban J connectivity index is 2.81. The van der Waals surface area contributed by atoms with Crippen molar-refractivity contribution < 1.29 is 0 Å². The molecule has 0 radical (unpaired) electrons. The zero-order valence-electron chi connectivity index (χ0n) is 8.76. The van der Waals surface area contributed by atoms with Crippen LogP contribution in [0.4, 0.5) is 0 Å². The monoisotopic (exact) mass is 212 g/mol. The molecule has 0 aliphatic carbocycles. The first kappa shape index (κ1) is 11.5. The molecule has 0 unspecified atom stereocenters. The molecular weight excluding hydrogens is 196 g/mol. The summed E-state index contributed by atoms with van der Waals surface area (Å²) in [5, 5.41) is 0.771. The minimum absolute atomic E-state index is 0.545. The fraction of sp³-hybridized carbons (Fsp3) is 0.455. The smallest absolute Gasteiger partial charge is 0.0412 e. The van der Waals surface area contributed by atoms with Gasteiger partial charge in [-0.05, 0) is 36.9 Å². The maximum atomic E-state index is 5.98. The molecule has 2 N–H and O–H groups in total. The van der Waals surface area contributed by atoms with Gasteiger partial charge in [0, 0.05) is 18.1 Å². The molecule has 0 saturated carbocycles. The quantitative estimate of drug-likeness (QED) is 0.830. The summed E-state index contributed by atoms with van der Waals surface area (Å²) in [4.78, 5) is 2.23. The maximum absolute atomic E-state index is 5.98. The van der Waals surface area contributed by atoms with Crippen LogP contribution in [0.3, 0.4) is 0 Å². The van der Waals surface area contributed by atoms with Gasteiger partial charge in [-0.2, -0.15) is 0 Å². The number of hydrogen-bond donors (Lipinski definition) is 1. The van der Waals surface area contributed by atoms with Gasteiger partial charge in [-0.15, -0.1) is 0 Å². The Hall–Kier alpha value is -0.570. The van der Waals surface area contributed by atoms with Gasteiger partial charge in [0.15, 0.2) is 0 Å². The summed E-state index contributed by atoms with van der Waals surface area (Å²) in [6, 6.07) is 6.02. The molecular formula is C11H17ClN2. The van der Waals surface area contributed by atoms with Gasteiger partial charge in [-0.25, -0.2) is 0 Å². The second-order valence-corrected chi connectivity index (χ2v) is 3.94. The van der Waals surface area contributed by atoms with Gasteiger partial charge < -0.3 is 10.6 Å². The lowest BCUT2D eigenvalue weighted by Gasteiger charge is -2.14. The minimum Gasteiger partial charge on any atom is -0.326 e. The average Bonchev–Trinajstić information content (AvgIpc) is 2.16. The molecule has 0 atom stereocenters. The van der Waals surface area contributed by atoms with E-state index in [0.717, 1.165) is 23.7 Å². The third-order valence-corrected chi connectivity index (χ3v) is 2.46. The molecule has 0 bridgehead atoms. The number of rotatable bonds is 4. The molecule has 1 aromatic rings. The van der Waals surface area contributed by atoms with Crippen LogP contribution in [0.1, 0.15) is 18.1 Å². The Labute approximate surface area is 90.7 Å². The summed E-state index contributed by atoms with van der Waals surface area (Å²) < 4.78 is 0. The summed E-state index contributed by atoms with van der Waals surface area (Å²) in [5.74, 6) is 0. The Morgan fingerprint density at radius 3 is 2.50 bits per heavy atom. The van der Waals surface area contributed by atoms with Crippen LogP contribution in [-0.2, 0) is 13.1 Å². The third kappa shape index (κ3) is 3.29. The zero-order chi connectivity index (χ0) is 10.6.